The maximum absolute atomic E-state index is 12.1. The van der Waals surface area contributed by atoms with Crippen LogP contribution in [0.1, 0.15) is 46.5 Å². The third kappa shape index (κ3) is 2.43. The summed E-state index contributed by atoms with van der Waals surface area (Å²) in [4.78, 5) is 0. The number of sulfonamides is 1. The van der Waals surface area contributed by atoms with E-state index in [1.807, 2.05) is 0 Å². The molecular formula is C12H23NO2S. The van der Waals surface area contributed by atoms with Crippen LogP contribution in [0.25, 0.3) is 0 Å². The first-order valence-electron chi connectivity index (χ1n) is 6.31. The van der Waals surface area contributed by atoms with Crippen LogP contribution in [-0.2, 0) is 10.0 Å². The highest BCUT2D eigenvalue weighted by Crippen LogP contribution is 2.37. The van der Waals surface area contributed by atoms with Gasteiger partial charge in [-0.25, -0.2) is 12.7 Å². The Morgan fingerprint density at radius 1 is 1.12 bits per heavy atom. The fourth-order valence-corrected chi connectivity index (χ4v) is 4.38. The lowest BCUT2D eigenvalue weighted by Crippen LogP contribution is -2.44. The van der Waals surface area contributed by atoms with Crippen molar-refractivity contribution in [3.8, 4) is 0 Å². The Hall–Kier alpha value is -0.0900. The molecule has 4 heteroatoms. The summed E-state index contributed by atoms with van der Waals surface area (Å²) in [6, 6.07) is 0. The van der Waals surface area contributed by atoms with Crippen molar-refractivity contribution >= 4 is 10.0 Å². The molecule has 0 radical (unpaired) electrons. The van der Waals surface area contributed by atoms with Gasteiger partial charge in [0.05, 0.1) is 5.25 Å². The second-order valence-electron chi connectivity index (χ2n) is 6.31. The normalized spacial score (nSPS) is 29.3. The average molecular weight is 245 g/mol. The number of piperidine rings is 1. The first kappa shape index (κ1) is 12.4. The van der Waals surface area contributed by atoms with Crippen molar-refractivity contribution in [2.24, 2.45) is 11.3 Å². The van der Waals surface area contributed by atoms with Gasteiger partial charge in [0.2, 0.25) is 10.0 Å². The molecule has 2 aliphatic rings. The predicted molar refractivity (Wildman–Crippen MR) is 65.7 cm³/mol. The van der Waals surface area contributed by atoms with E-state index < -0.39 is 10.0 Å². The van der Waals surface area contributed by atoms with Crippen LogP contribution in [0.3, 0.4) is 0 Å². The fraction of sp³-hybridized carbons (Fsp3) is 1.00. The Balaban J connectivity index is 2.07. The maximum atomic E-state index is 12.1. The van der Waals surface area contributed by atoms with Gasteiger partial charge in [-0.2, -0.15) is 0 Å². The minimum Gasteiger partial charge on any atom is -0.212 e. The van der Waals surface area contributed by atoms with Crippen LogP contribution in [0.15, 0.2) is 0 Å². The van der Waals surface area contributed by atoms with E-state index in [1.54, 1.807) is 4.31 Å². The molecule has 1 unspecified atom stereocenters. The zero-order valence-electron chi connectivity index (χ0n) is 10.6. The Kier molecular flexibility index (Phi) is 3.08. The van der Waals surface area contributed by atoms with E-state index in [-0.39, 0.29) is 10.7 Å². The highest BCUT2D eigenvalue weighted by atomic mass is 32.2. The molecule has 2 rings (SSSR count). The van der Waals surface area contributed by atoms with Crippen LogP contribution in [0.5, 0.6) is 0 Å². The first-order chi connectivity index (χ1) is 7.32. The molecule has 0 aromatic rings. The summed E-state index contributed by atoms with van der Waals surface area (Å²) in [5.74, 6) is 0.509. The highest BCUT2D eigenvalue weighted by molar-refractivity contribution is 7.90. The number of hydrogen-bond acceptors (Lipinski definition) is 2. The van der Waals surface area contributed by atoms with E-state index in [4.69, 9.17) is 0 Å². The third-order valence-electron chi connectivity index (χ3n) is 3.91. The zero-order chi connectivity index (χ0) is 12.0. The van der Waals surface area contributed by atoms with Crippen molar-refractivity contribution in [1.29, 1.82) is 0 Å². The van der Waals surface area contributed by atoms with E-state index in [1.165, 1.54) is 6.42 Å². The Morgan fingerprint density at radius 2 is 1.75 bits per heavy atom. The minimum atomic E-state index is -2.95. The molecule has 0 amide bonds. The van der Waals surface area contributed by atoms with Gasteiger partial charge in [0.25, 0.3) is 0 Å². The van der Waals surface area contributed by atoms with Gasteiger partial charge in [0, 0.05) is 13.1 Å². The predicted octanol–water partition coefficient (Wildman–Crippen LogP) is 2.24. The molecule has 94 valence electrons. The second-order valence-corrected chi connectivity index (χ2v) is 8.52. The summed E-state index contributed by atoms with van der Waals surface area (Å²) >= 11 is 0. The van der Waals surface area contributed by atoms with Gasteiger partial charge < -0.3 is 0 Å². The quantitative estimate of drug-likeness (QED) is 0.748. The zero-order valence-corrected chi connectivity index (χ0v) is 11.4. The van der Waals surface area contributed by atoms with Crippen LogP contribution in [0.4, 0.5) is 0 Å². The highest BCUT2D eigenvalue weighted by Gasteiger charge is 2.42. The van der Waals surface area contributed by atoms with Gasteiger partial charge in [-0.15, -0.1) is 0 Å². The molecule has 1 heterocycles. The van der Waals surface area contributed by atoms with Gasteiger partial charge >= 0.3 is 0 Å². The van der Waals surface area contributed by atoms with Crippen molar-refractivity contribution in [2.75, 3.05) is 13.1 Å². The molecule has 16 heavy (non-hydrogen) atoms. The summed E-state index contributed by atoms with van der Waals surface area (Å²) in [7, 11) is -2.95. The van der Waals surface area contributed by atoms with Crippen LogP contribution in [0, 0.1) is 11.3 Å². The van der Waals surface area contributed by atoms with Gasteiger partial charge in [-0.3, -0.25) is 0 Å². The largest absolute Gasteiger partial charge is 0.216 e. The summed E-state index contributed by atoms with van der Waals surface area (Å²) in [5.41, 5.74) is 0.220. The van der Waals surface area contributed by atoms with Crippen LogP contribution >= 0.6 is 0 Å². The number of hydrogen-bond donors (Lipinski definition) is 0. The minimum absolute atomic E-state index is 0.0498. The molecule has 1 aliphatic heterocycles. The molecule has 1 aliphatic carbocycles. The lowest BCUT2D eigenvalue weighted by Gasteiger charge is -2.39. The standard InChI is InChI=1S/C12H23NO2S/c1-12(2,3)10-5-4-8-13(9-10)16(14,15)11-6-7-11/h10-11H,4-9H2,1-3H3. The van der Waals surface area contributed by atoms with Crippen molar-refractivity contribution in [3.63, 3.8) is 0 Å². The number of rotatable bonds is 2. The molecule has 0 N–H and O–H groups in total. The SMILES string of the molecule is CC(C)(C)C1CCCN(S(=O)(=O)C2CC2)C1. The van der Waals surface area contributed by atoms with Gasteiger partial charge in [-0.1, -0.05) is 20.8 Å². The van der Waals surface area contributed by atoms with Crippen LogP contribution in [-0.4, -0.2) is 31.1 Å². The second kappa shape index (κ2) is 3.98. The Labute approximate surface area is 99.3 Å². The lowest BCUT2D eigenvalue weighted by molar-refractivity contribution is 0.148. The molecule has 1 atom stereocenters. The van der Waals surface area contributed by atoms with E-state index in [2.05, 4.69) is 20.8 Å². The van der Waals surface area contributed by atoms with Crippen molar-refractivity contribution in [1.82, 2.24) is 4.31 Å². The molecule has 0 bridgehead atoms. The monoisotopic (exact) mass is 245 g/mol. The molecular weight excluding hydrogens is 222 g/mol. The van der Waals surface area contributed by atoms with E-state index in [0.717, 1.165) is 32.4 Å². The Bertz CT molecular complexity index is 352. The first-order valence-corrected chi connectivity index (χ1v) is 7.81. The van der Waals surface area contributed by atoms with E-state index in [0.29, 0.717) is 5.92 Å². The Morgan fingerprint density at radius 3 is 2.25 bits per heavy atom. The third-order valence-corrected chi connectivity index (χ3v) is 6.28. The van der Waals surface area contributed by atoms with E-state index in [9.17, 15) is 8.42 Å². The van der Waals surface area contributed by atoms with Gasteiger partial charge in [-0.05, 0) is 37.0 Å². The fourth-order valence-electron chi connectivity index (χ4n) is 2.46. The molecule has 1 saturated heterocycles. The summed E-state index contributed by atoms with van der Waals surface area (Å²) in [5, 5.41) is -0.0498. The van der Waals surface area contributed by atoms with Crippen LogP contribution in [0.2, 0.25) is 0 Å². The molecule has 2 fully saturated rings. The summed E-state index contributed by atoms with van der Waals surface area (Å²) < 4.78 is 26.0. The molecule has 1 saturated carbocycles. The summed E-state index contributed by atoms with van der Waals surface area (Å²) in [6.07, 6.45) is 3.94. The lowest BCUT2D eigenvalue weighted by atomic mass is 9.77. The van der Waals surface area contributed by atoms with Crippen molar-refractivity contribution < 1.29 is 8.42 Å². The van der Waals surface area contributed by atoms with Gasteiger partial charge in [0.15, 0.2) is 0 Å². The maximum Gasteiger partial charge on any atom is 0.216 e. The van der Waals surface area contributed by atoms with E-state index >= 15 is 0 Å². The number of nitrogens with zero attached hydrogens (tertiary/aromatic N) is 1. The van der Waals surface area contributed by atoms with Crippen molar-refractivity contribution in [2.45, 2.75) is 51.7 Å². The van der Waals surface area contributed by atoms with Crippen LogP contribution < -0.4 is 0 Å². The molecule has 0 spiro atoms. The average Bonchev–Trinajstić information content (AvgIpc) is 3.00. The molecule has 3 nitrogen and oxygen atoms in total. The molecule has 0 aromatic carbocycles. The van der Waals surface area contributed by atoms with Gasteiger partial charge in [0.1, 0.15) is 0 Å². The topological polar surface area (TPSA) is 37.4 Å². The van der Waals surface area contributed by atoms with Crippen molar-refractivity contribution in [3.05, 3.63) is 0 Å². The molecule has 0 aromatic heterocycles. The smallest absolute Gasteiger partial charge is 0.212 e. The summed E-state index contributed by atoms with van der Waals surface area (Å²) in [6.45, 7) is 8.12.